The van der Waals surface area contributed by atoms with Gasteiger partial charge in [-0.1, -0.05) is 34.8 Å². The van der Waals surface area contributed by atoms with Gasteiger partial charge < -0.3 is 20.7 Å². The molecule has 0 saturated heterocycles. The first kappa shape index (κ1) is 25.4. The number of aromatic nitrogens is 1. The molecule has 178 valence electrons. The molecule has 3 aromatic rings. The van der Waals surface area contributed by atoms with E-state index in [9.17, 15) is 22.8 Å². The number of nitrogens with two attached hydrogens (primary N) is 1. The zero-order valence-corrected chi connectivity index (χ0v) is 19.1. The van der Waals surface area contributed by atoms with E-state index in [1.165, 1.54) is 47.5 Å². The summed E-state index contributed by atoms with van der Waals surface area (Å²) in [5, 5.41) is 3.09. The highest BCUT2D eigenvalue weighted by molar-refractivity contribution is 6.36. The molecule has 0 aliphatic rings. The van der Waals surface area contributed by atoms with E-state index in [1.807, 2.05) is 0 Å². The average Bonchev–Trinajstić information content (AvgIpc) is 2.73. The minimum absolute atomic E-state index is 0.112. The van der Waals surface area contributed by atoms with Crippen molar-refractivity contribution in [2.75, 3.05) is 16.8 Å². The van der Waals surface area contributed by atoms with Gasteiger partial charge in [0.2, 0.25) is 5.91 Å². The van der Waals surface area contributed by atoms with Crippen LogP contribution in [0.4, 0.5) is 30.4 Å². The topological polar surface area (TPSA) is 97.6 Å². The highest BCUT2D eigenvalue weighted by atomic mass is 35.5. The molecule has 1 aromatic heterocycles. The van der Waals surface area contributed by atoms with Crippen molar-refractivity contribution >= 4 is 63.8 Å². The fourth-order valence-electron chi connectivity index (χ4n) is 2.84. The van der Waals surface area contributed by atoms with Crippen molar-refractivity contribution in [3.05, 3.63) is 75.4 Å². The Balaban J connectivity index is 1.89. The summed E-state index contributed by atoms with van der Waals surface area (Å²) in [5.74, 6) is -1.63. The molecule has 0 saturated carbocycles. The van der Waals surface area contributed by atoms with Crippen LogP contribution in [0, 0.1) is 0 Å². The summed E-state index contributed by atoms with van der Waals surface area (Å²) in [6, 6.07) is 10.2. The number of ether oxygens (including phenoxy) is 1. The molecule has 0 radical (unpaired) electrons. The number of nitrogens with one attached hydrogen (secondary N) is 1. The van der Waals surface area contributed by atoms with Gasteiger partial charge in [-0.15, -0.1) is 13.2 Å². The SMILES string of the molecule is NC(=O)CN(c1cc(C(=O)Nc2ccc(OC(F)(F)F)cc2)ccc1Cl)c1ncc(Cl)cc1Cl. The second-order valence-electron chi connectivity index (χ2n) is 6.70. The van der Waals surface area contributed by atoms with Crippen LogP contribution in [0.2, 0.25) is 15.1 Å². The van der Waals surface area contributed by atoms with Crippen LogP contribution in [0.25, 0.3) is 0 Å². The molecule has 0 spiro atoms. The lowest BCUT2D eigenvalue weighted by Crippen LogP contribution is -2.31. The molecule has 7 nitrogen and oxygen atoms in total. The summed E-state index contributed by atoms with van der Waals surface area (Å²) in [4.78, 5) is 29.9. The molecule has 3 rings (SSSR count). The molecule has 1 heterocycles. The molecule has 2 amide bonds. The predicted octanol–water partition coefficient (Wildman–Crippen LogP) is 5.82. The van der Waals surface area contributed by atoms with Gasteiger partial charge in [-0.25, -0.2) is 4.98 Å². The summed E-state index contributed by atoms with van der Waals surface area (Å²) in [6.07, 6.45) is -3.52. The Labute approximate surface area is 206 Å². The van der Waals surface area contributed by atoms with Crippen LogP contribution >= 0.6 is 34.8 Å². The molecule has 0 bridgehead atoms. The van der Waals surface area contributed by atoms with E-state index < -0.39 is 23.9 Å². The number of halogens is 6. The Morgan fingerprint density at radius 3 is 2.29 bits per heavy atom. The van der Waals surface area contributed by atoms with Gasteiger partial charge in [0.1, 0.15) is 12.3 Å². The molecule has 13 heteroatoms. The summed E-state index contributed by atoms with van der Waals surface area (Å²) < 4.78 is 40.7. The maximum atomic E-state index is 12.7. The van der Waals surface area contributed by atoms with Crippen molar-refractivity contribution in [3.63, 3.8) is 0 Å². The molecule has 0 aliphatic heterocycles. The first-order chi connectivity index (χ1) is 15.9. The number of carbonyl (C=O) groups excluding carboxylic acids is 2. The first-order valence-corrected chi connectivity index (χ1v) is 10.4. The molecule has 0 aliphatic carbocycles. The van der Waals surface area contributed by atoms with Gasteiger partial charge in [-0.05, 0) is 48.5 Å². The van der Waals surface area contributed by atoms with Crippen molar-refractivity contribution < 1.29 is 27.5 Å². The second kappa shape index (κ2) is 10.4. The number of alkyl halides is 3. The van der Waals surface area contributed by atoms with Crippen molar-refractivity contribution in [1.82, 2.24) is 4.98 Å². The largest absolute Gasteiger partial charge is 0.573 e. The predicted molar refractivity (Wildman–Crippen MR) is 123 cm³/mol. The Kier molecular flexibility index (Phi) is 7.75. The second-order valence-corrected chi connectivity index (χ2v) is 7.95. The Hall–Kier alpha value is -3.21. The molecule has 34 heavy (non-hydrogen) atoms. The number of hydrogen-bond acceptors (Lipinski definition) is 5. The monoisotopic (exact) mass is 532 g/mol. The van der Waals surface area contributed by atoms with E-state index in [1.54, 1.807) is 0 Å². The van der Waals surface area contributed by atoms with Crippen LogP contribution in [0.5, 0.6) is 5.75 Å². The third kappa shape index (κ3) is 6.66. The summed E-state index contributed by atoms with van der Waals surface area (Å²) in [6.45, 7) is -0.361. The Bertz CT molecular complexity index is 1220. The van der Waals surface area contributed by atoms with Crippen molar-refractivity contribution in [1.29, 1.82) is 0 Å². The molecule has 3 N–H and O–H groups in total. The van der Waals surface area contributed by atoms with Crippen molar-refractivity contribution in [2.45, 2.75) is 6.36 Å². The van der Waals surface area contributed by atoms with Crippen LogP contribution in [-0.2, 0) is 4.79 Å². The van der Waals surface area contributed by atoms with Gasteiger partial charge in [0, 0.05) is 17.4 Å². The number of hydrogen-bond donors (Lipinski definition) is 2. The van der Waals surface area contributed by atoms with E-state index in [4.69, 9.17) is 40.5 Å². The molecular formula is C21H14Cl3F3N4O3. The molecule has 0 atom stereocenters. The first-order valence-electron chi connectivity index (χ1n) is 9.26. The van der Waals surface area contributed by atoms with E-state index in [-0.39, 0.29) is 44.4 Å². The highest BCUT2D eigenvalue weighted by Gasteiger charge is 2.31. The number of benzene rings is 2. The lowest BCUT2D eigenvalue weighted by molar-refractivity contribution is -0.274. The standard InChI is InChI=1S/C21H14Cl3F3N4O3/c22-12-8-16(24)19(29-9-12)31(10-18(28)32)17-7-11(1-6-15(17)23)20(33)30-13-2-4-14(5-3-13)34-21(25,26)27/h1-9H,10H2,(H2,28,32)(H,30,33). The zero-order valence-electron chi connectivity index (χ0n) is 16.9. The van der Waals surface area contributed by atoms with Crippen LogP contribution in [0.3, 0.4) is 0 Å². The van der Waals surface area contributed by atoms with Gasteiger partial charge in [-0.2, -0.15) is 0 Å². The van der Waals surface area contributed by atoms with Gasteiger partial charge in [-0.3, -0.25) is 9.59 Å². The smallest absolute Gasteiger partial charge is 0.406 e. The highest BCUT2D eigenvalue weighted by Crippen LogP contribution is 2.36. The number of primary amides is 1. The van der Waals surface area contributed by atoms with E-state index in [2.05, 4.69) is 15.0 Å². The van der Waals surface area contributed by atoms with Crippen molar-refractivity contribution in [2.24, 2.45) is 5.73 Å². The number of carbonyl (C=O) groups is 2. The summed E-state index contributed by atoms with van der Waals surface area (Å²) >= 11 is 18.4. The van der Waals surface area contributed by atoms with Crippen LogP contribution in [0.1, 0.15) is 10.4 Å². The number of rotatable bonds is 7. The number of nitrogens with zero attached hydrogens (tertiary/aromatic N) is 2. The molecular weight excluding hydrogens is 520 g/mol. The van der Waals surface area contributed by atoms with Crippen LogP contribution in [-0.4, -0.2) is 29.7 Å². The Morgan fingerprint density at radius 2 is 1.71 bits per heavy atom. The van der Waals surface area contributed by atoms with Crippen LogP contribution < -0.4 is 20.7 Å². The quantitative estimate of drug-likeness (QED) is 0.399. The van der Waals surface area contributed by atoms with Gasteiger partial charge >= 0.3 is 6.36 Å². The molecule has 2 aromatic carbocycles. The third-order valence-corrected chi connectivity index (χ3v) is 5.01. The fraction of sp³-hybridized carbons (Fsp3) is 0.0952. The lowest BCUT2D eigenvalue weighted by atomic mass is 10.1. The number of pyridine rings is 1. The maximum Gasteiger partial charge on any atom is 0.573 e. The molecule has 0 unspecified atom stereocenters. The minimum atomic E-state index is -4.83. The number of amides is 2. The van der Waals surface area contributed by atoms with Gasteiger partial charge in [0.15, 0.2) is 5.82 Å². The summed E-state index contributed by atoms with van der Waals surface area (Å²) in [7, 11) is 0. The average molecular weight is 534 g/mol. The Morgan fingerprint density at radius 1 is 1.03 bits per heavy atom. The van der Waals surface area contributed by atoms with Crippen molar-refractivity contribution in [3.8, 4) is 5.75 Å². The lowest BCUT2D eigenvalue weighted by Gasteiger charge is -2.25. The van der Waals surface area contributed by atoms with E-state index >= 15 is 0 Å². The minimum Gasteiger partial charge on any atom is -0.406 e. The van der Waals surface area contributed by atoms with Gasteiger partial charge in [0.25, 0.3) is 5.91 Å². The van der Waals surface area contributed by atoms with E-state index in [0.717, 1.165) is 12.1 Å². The third-order valence-electron chi connectivity index (χ3n) is 4.20. The van der Waals surface area contributed by atoms with Gasteiger partial charge in [0.05, 0.1) is 20.8 Å². The summed E-state index contributed by atoms with van der Waals surface area (Å²) in [5.41, 5.74) is 5.91. The number of anilines is 3. The van der Waals surface area contributed by atoms with Crippen LogP contribution in [0.15, 0.2) is 54.7 Å². The molecule has 0 fully saturated rings. The maximum absolute atomic E-state index is 12.7. The normalized spacial score (nSPS) is 11.1. The fourth-order valence-corrected chi connectivity index (χ4v) is 3.54. The zero-order chi connectivity index (χ0) is 25.0. The van der Waals surface area contributed by atoms with E-state index in [0.29, 0.717) is 0 Å².